The molecule has 0 radical (unpaired) electrons. The third-order valence-corrected chi connectivity index (χ3v) is 4.71. The molecular formula is C16H21NO5S. The van der Waals surface area contributed by atoms with Crippen molar-refractivity contribution in [2.45, 2.75) is 23.2 Å². The molecule has 0 saturated carbocycles. The van der Waals surface area contributed by atoms with Gasteiger partial charge >= 0.3 is 5.97 Å². The number of carbonyl (C=O) groups excluding carboxylic acids is 1. The van der Waals surface area contributed by atoms with Crippen LogP contribution in [0.15, 0.2) is 29.2 Å². The normalized spacial score (nSPS) is 19.4. The molecule has 2 unspecified atom stereocenters. The number of carbonyl (C=O) groups is 2. The van der Waals surface area contributed by atoms with Crippen LogP contribution < -0.4 is 0 Å². The molecule has 1 aromatic carbocycles. The summed E-state index contributed by atoms with van der Waals surface area (Å²) in [7, 11) is 1.60. The third kappa shape index (κ3) is 4.70. The Morgan fingerprint density at radius 3 is 2.91 bits per heavy atom. The van der Waals surface area contributed by atoms with Gasteiger partial charge in [0.25, 0.3) is 5.91 Å². The second-order valence-corrected chi connectivity index (χ2v) is 6.68. The first-order chi connectivity index (χ1) is 11.0. The highest BCUT2D eigenvalue weighted by Gasteiger charge is 2.27. The summed E-state index contributed by atoms with van der Waals surface area (Å²) in [6, 6.07) is 7.11. The number of amides is 1. The highest BCUT2D eigenvalue weighted by atomic mass is 32.2. The second-order valence-electron chi connectivity index (χ2n) is 5.29. The Kier molecular flexibility index (Phi) is 6.44. The fourth-order valence-electron chi connectivity index (χ4n) is 2.35. The number of morpholine rings is 1. The minimum absolute atomic E-state index is 0.102. The number of carboxylic acids is 1. The SMILES string of the molecule is COCC1CN(C(=O)c2ccccc2SC(C)C(=O)O)CCO1. The van der Waals surface area contributed by atoms with E-state index in [1.165, 1.54) is 11.8 Å². The lowest BCUT2D eigenvalue weighted by Gasteiger charge is -2.33. The third-order valence-electron chi connectivity index (χ3n) is 3.55. The average Bonchev–Trinajstić information content (AvgIpc) is 2.55. The van der Waals surface area contributed by atoms with E-state index in [1.54, 1.807) is 43.2 Å². The van der Waals surface area contributed by atoms with E-state index in [1.807, 2.05) is 0 Å². The molecule has 126 valence electrons. The summed E-state index contributed by atoms with van der Waals surface area (Å²) in [4.78, 5) is 26.3. The fourth-order valence-corrected chi connectivity index (χ4v) is 3.27. The molecule has 7 heteroatoms. The molecule has 23 heavy (non-hydrogen) atoms. The van der Waals surface area contributed by atoms with Gasteiger partial charge in [-0.1, -0.05) is 12.1 Å². The molecule has 1 N–H and O–H groups in total. The maximum Gasteiger partial charge on any atom is 0.316 e. The fraction of sp³-hybridized carbons (Fsp3) is 0.500. The van der Waals surface area contributed by atoms with E-state index in [0.717, 1.165) is 0 Å². The van der Waals surface area contributed by atoms with Gasteiger partial charge in [-0.2, -0.15) is 0 Å². The molecule has 2 rings (SSSR count). The topological polar surface area (TPSA) is 76.1 Å². The molecule has 0 bridgehead atoms. The summed E-state index contributed by atoms with van der Waals surface area (Å²) in [6.45, 7) is 3.52. The molecule has 1 saturated heterocycles. The number of carboxylic acid groups (broad SMARTS) is 1. The molecule has 2 atom stereocenters. The van der Waals surface area contributed by atoms with E-state index in [2.05, 4.69) is 0 Å². The van der Waals surface area contributed by atoms with Crippen molar-refractivity contribution in [2.75, 3.05) is 33.4 Å². The Bertz CT molecular complexity index is 563. The van der Waals surface area contributed by atoms with Gasteiger partial charge in [-0.25, -0.2) is 0 Å². The van der Waals surface area contributed by atoms with Crippen LogP contribution in [0.25, 0.3) is 0 Å². The van der Waals surface area contributed by atoms with E-state index < -0.39 is 11.2 Å². The van der Waals surface area contributed by atoms with Gasteiger partial charge in [0.05, 0.1) is 24.9 Å². The van der Waals surface area contributed by atoms with Crippen molar-refractivity contribution in [3.63, 3.8) is 0 Å². The minimum Gasteiger partial charge on any atom is -0.480 e. The van der Waals surface area contributed by atoms with Crippen LogP contribution in [-0.4, -0.2) is 66.6 Å². The predicted octanol–water partition coefficient (Wildman–Crippen LogP) is 1.74. The lowest BCUT2D eigenvalue weighted by Crippen LogP contribution is -2.47. The molecule has 1 aliphatic heterocycles. The minimum atomic E-state index is -0.899. The van der Waals surface area contributed by atoms with E-state index in [-0.39, 0.29) is 12.0 Å². The highest BCUT2D eigenvalue weighted by molar-refractivity contribution is 8.00. The van der Waals surface area contributed by atoms with Gasteiger partial charge < -0.3 is 19.5 Å². The van der Waals surface area contributed by atoms with Gasteiger partial charge in [-0.15, -0.1) is 11.8 Å². The quantitative estimate of drug-likeness (QED) is 0.796. The molecule has 6 nitrogen and oxygen atoms in total. The van der Waals surface area contributed by atoms with Crippen LogP contribution in [-0.2, 0) is 14.3 Å². The van der Waals surface area contributed by atoms with E-state index in [0.29, 0.717) is 36.8 Å². The number of hydrogen-bond donors (Lipinski definition) is 1. The highest BCUT2D eigenvalue weighted by Crippen LogP contribution is 2.28. The van der Waals surface area contributed by atoms with E-state index >= 15 is 0 Å². The Morgan fingerprint density at radius 1 is 1.48 bits per heavy atom. The van der Waals surface area contributed by atoms with Crippen molar-refractivity contribution in [1.29, 1.82) is 0 Å². The lowest BCUT2D eigenvalue weighted by molar-refractivity contribution is -0.136. The molecule has 1 aliphatic rings. The predicted molar refractivity (Wildman–Crippen MR) is 86.9 cm³/mol. The first-order valence-corrected chi connectivity index (χ1v) is 8.29. The zero-order valence-electron chi connectivity index (χ0n) is 13.2. The molecule has 0 aliphatic carbocycles. The number of rotatable bonds is 6. The molecular weight excluding hydrogens is 318 g/mol. The Balaban J connectivity index is 2.14. The second kappa shape index (κ2) is 8.33. The summed E-state index contributed by atoms with van der Waals surface area (Å²) in [5.74, 6) is -1.00. The largest absolute Gasteiger partial charge is 0.480 e. The van der Waals surface area contributed by atoms with Gasteiger partial charge in [0.15, 0.2) is 0 Å². The molecule has 0 aromatic heterocycles. The van der Waals surface area contributed by atoms with Gasteiger partial charge in [-0.3, -0.25) is 9.59 Å². The summed E-state index contributed by atoms with van der Waals surface area (Å²) in [5.41, 5.74) is 0.531. The zero-order chi connectivity index (χ0) is 16.8. The maximum atomic E-state index is 12.8. The summed E-state index contributed by atoms with van der Waals surface area (Å²) in [5, 5.41) is 8.45. The van der Waals surface area contributed by atoms with Crippen LogP contribution in [0.4, 0.5) is 0 Å². The number of benzene rings is 1. The van der Waals surface area contributed by atoms with Crippen LogP contribution in [0.1, 0.15) is 17.3 Å². The summed E-state index contributed by atoms with van der Waals surface area (Å²) in [6.07, 6.45) is -0.129. The van der Waals surface area contributed by atoms with Crippen molar-refractivity contribution >= 4 is 23.6 Å². The van der Waals surface area contributed by atoms with Gasteiger partial charge in [-0.05, 0) is 19.1 Å². The van der Waals surface area contributed by atoms with Crippen LogP contribution >= 0.6 is 11.8 Å². The van der Waals surface area contributed by atoms with Gasteiger partial charge in [0.2, 0.25) is 0 Å². The van der Waals surface area contributed by atoms with Crippen LogP contribution in [0.3, 0.4) is 0 Å². The van der Waals surface area contributed by atoms with Crippen molar-refractivity contribution in [2.24, 2.45) is 0 Å². The number of thioether (sulfide) groups is 1. The van der Waals surface area contributed by atoms with E-state index in [4.69, 9.17) is 14.6 Å². The summed E-state index contributed by atoms with van der Waals surface area (Å²) >= 11 is 1.18. The van der Waals surface area contributed by atoms with Crippen LogP contribution in [0.2, 0.25) is 0 Å². The first-order valence-electron chi connectivity index (χ1n) is 7.41. The van der Waals surface area contributed by atoms with Crippen molar-refractivity contribution < 1.29 is 24.2 Å². The van der Waals surface area contributed by atoms with E-state index in [9.17, 15) is 9.59 Å². The average molecular weight is 339 g/mol. The summed E-state index contributed by atoms with van der Waals surface area (Å²) < 4.78 is 10.6. The number of ether oxygens (including phenoxy) is 2. The zero-order valence-corrected chi connectivity index (χ0v) is 14.0. The standard InChI is InChI=1S/C16H21NO5S/c1-11(16(19)20)23-14-6-4-3-5-13(14)15(18)17-7-8-22-12(9-17)10-21-2/h3-6,11-12H,7-10H2,1-2H3,(H,19,20). The maximum absolute atomic E-state index is 12.8. The molecule has 1 aromatic rings. The lowest BCUT2D eigenvalue weighted by atomic mass is 10.1. The van der Waals surface area contributed by atoms with Crippen LogP contribution in [0.5, 0.6) is 0 Å². The van der Waals surface area contributed by atoms with Gasteiger partial charge in [0, 0.05) is 25.1 Å². The Morgan fingerprint density at radius 2 is 2.22 bits per heavy atom. The number of hydrogen-bond acceptors (Lipinski definition) is 5. The molecule has 1 amide bonds. The number of methoxy groups -OCH3 is 1. The Labute approximate surface area is 139 Å². The number of nitrogens with zero attached hydrogens (tertiary/aromatic N) is 1. The van der Waals surface area contributed by atoms with Crippen molar-refractivity contribution in [1.82, 2.24) is 4.90 Å². The van der Waals surface area contributed by atoms with Crippen LogP contribution in [0, 0.1) is 0 Å². The molecule has 1 heterocycles. The molecule has 1 fully saturated rings. The monoisotopic (exact) mass is 339 g/mol. The Hall–Kier alpha value is -1.57. The molecule has 0 spiro atoms. The van der Waals surface area contributed by atoms with Crippen molar-refractivity contribution in [3.05, 3.63) is 29.8 Å². The van der Waals surface area contributed by atoms with Crippen molar-refractivity contribution in [3.8, 4) is 0 Å². The van der Waals surface area contributed by atoms with Gasteiger partial charge in [0.1, 0.15) is 5.25 Å². The number of aliphatic carboxylic acids is 1. The smallest absolute Gasteiger partial charge is 0.316 e. The first kappa shape index (κ1) is 17.8.